The highest BCUT2D eigenvalue weighted by molar-refractivity contribution is 7.16. The molecule has 1 aromatic rings. The Hall–Kier alpha value is -0.188. The van der Waals surface area contributed by atoms with Gasteiger partial charge in [0, 0.05) is 0 Å². The number of rotatable bonds is 0. The fourth-order valence-electron chi connectivity index (χ4n) is 0.534. The number of benzene rings is 1. The maximum atomic E-state index is 8.46. The van der Waals surface area contributed by atoms with E-state index in [1.54, 1.807) is 0 Å². The molecule has 0 fully saturated rings. The van der Waals surface area contributed by atoms with Crippen molar-refractivity contribution >= 4 is 29.4 Å². The van der Waals surface area contributed by atoms with Crippen LogP contribution in [0.4, 0.5) is 0 Å². The molecule has 1 rings (SSSR count). The molecule has 2 nitrogen and oxygen atoms in total. The zero-order valence-electron chi connectivity index (χ0n) is 5.69. The molecule has 52 valence electrons. The van der Waals surface area contributed by atoms with E-state index < -0.39 is 8.69 Å². The monoisotopic (exact) mass is 170 g/mol. The van der Waals surface area contributed by atoms with Gasteiger partial charge in [-0.2, -0.15) is 0 Å². The fraction of sp³-hybridized carbons (Fsp3) is 0. The summed E-state index contributed by atoms with van der Waals surface area (Å²) in [5, 5.41) is 0. The Balaban J connectivity index is 0.000000236. The summed E-state index contributed by atoms with van der Waals surface area (Å²) in [4.78, 5) is 6.99. The molecule has 0 unspecified atom stereocenters. The topological polar surface area (TPSA) is 37.3 Å². The molecule has 0 saturated carbocycles. The molecule has 0 aliphatic carbocycles. The molecule has 0 saturated heterocycles. The van der Waals surface area contributed by atoms with Crippen molar-refractivity contribution in [2.45, 2.75) is 0 Å². The Morgan fingerprint density at radius 2 is 1.70 bits per heavy atom. The van der Waals surface area contributed by atoms with Crippen LogP contribution in [0.15, 0.2) is 30.3 Å². The predicted octanol–water partition coefficient (Wildman–Crippen LogP) is 0.130. The molecule has 0 bridgehead atoms. The van der Waals surface area contributed by atoms with Gasteiger partial charge in [0.1, 0.15) is 0 Å². The first-order valence-corrected chi connectivity index (χ1v) is 4.56. The summed E-state index contributed by atoms with van der Waals surface area (Å²) in [7, 11) is -0.833. The van der Waals surface area contributed by atoms with Crippen molar-refractivity contribution in [3.05, 3.63) is 30.3 Å². The molecule has 0 aromatic heterocycles. The molecular weight excluding hydrogens is 162 g/mol. The van der Waals surface area contributed by atoms with Crippen LogP contribution in [0.25, 0.3) is 0 Å². The summed E-state index contributed by atoms with van der Waals surface area (Å²) in [6, 6.07) is 10.5. The van der Waals surface area contributed by atoms with Gasteiger partial charge in [-0.15, -0.1) is 4.43 Å². The summed E-state index contributed by atoms with van der Waals surface area (Å²) < 4.78 is 9.92. The normalized spacial score (nSPS) is 8.10. The van der Waals surface area contributed by atoms with E-state index in [1.165, 1.54) is 20.7 Å². The second-order valence-corrected chi connectivity index (χ2v) is 3.05. The van der Waals surface area contributed by atoms with Crippen LogP contribution in [0.2, 0.25) is 0 Å². The minimum absolute atomic E-state index is 0.833. The molecule has 10 heavy (non-hydrogen) atoms. The lowest BCUT2D eigenvalue weighted by Gasteiger charge is -1.83. The van der Waals surface area contributed by atoms with Crippen LogP contribution in [-0.2, 0) is 4.57 Å². The van der Waals surface area contributed by atoms with Gasteiger partial charge in [-0.3, -0.25) is 0 Å². The first-order valence-electron chi connectivity index (χ1n) is 2.79. The third-order valence-corrected chi connectivity index (χ3v) is 1.61. The third kappa shape index (κ3) is 5.94. The molecule has 0 aliphatic heterocycles. The minimum Gasteiger partial charge on any atom is -0.310 e. The van der Waals surface area contributed by atoms with Gasteiger partial charge in [0.05, 0.1) is 0 Å². The Bertz CT molecular complexity index is 178. The lowest BCUT2D eigenvalue weighted by atomic mass is 10.4. The van der Waals surface area contributed by atoms with E-state index in [1.807, 2.05) is 6.07 Å². The Morgan fingerprint density at radius 1 is 1.30 bits per heavy atom. The van der Waals surface area contributed by atoms with Crippen molar-refractivity contribution in [3.63, 3.8) is 0 Å². The lowest BCUT2D eigenvalue weighted by Crippen LogP contribution is -1.97. The Kier molecular flexibility index (Phi) is 6.80. The molecule has 0 spiro atoms. The van der Waals surface area contributed by atoms with E-state index >= 15 is 0 Å². The zero-order chi connectivity index (χ0) is 7.82. The van der Waals surface area contributed by atoms with Crippen molar-refractivity contribution in [1.82, 2.24) is 0 Å². The van der Waals surface area contributed by atoms with Crippen molar-refractivity contribution in [2.75, 3.05) is 0 Å². The second kappa shape index (κ2) is 6.93. The van der Waals surface area contributed by atoms with Crippen LogP contribution in [0, 0.1) is 0 Å². The van der Waals surface area contributed by atoms with Crippen LogP contribution in [0.3, 0.4) is 0 Å². The molecule has 1 N–H and O–H groups in total. The Morgan fingerprint density at radius 3 is 1.90 bits per heavy atom. The minimum atomic E-state index is -0.833. The van der Waals surface area contributed by atoms with Crippen LogP contribution in [-0.4, -0.2) is 21.2 Å². The number of hydrogen-bond donors (Lipinski definition) is 1. The molecule has 4 heteroatoms. The van der Waals surface area contributed by atoms with E-state index in [0.29, 0.717) is 0 Å². The summed E-state index contributed by atoms with van der Waals surface area (Å²) in [5.74, 6) is 0. The largest absolute Gasteiger partial charge is 0.324 e. The smallest absolute Gasteiger partial charge is 0.310 e. The van der Waals surface area contributed by atoms with E-state index in [9.17, 15) is 0 Å². The first-order chi connectivity index (χ1) is 4.81. The van der Waals surface area contributed by atoms with Gasteiger partial charge in [-0.05, 0) is 0 Å². The Labute approximate surface area is 69.6 Å². The van der Waals surface area contributed by atoms with Crippen LogP contribution >= 0.6 is 8.69 Å². The molecule has 0 atom stereocenters. The maximum absolute atomic E-state index is 8.46. The first kappa shape index (κ1) is 9.81. The molecular formula is C6H8AlO2P. The van der Waals surface area contributed by atoms with E-state index in [4.69, 9.17) is 9.46 Å². The van der Waals surface area contributed by atoms with Gasteiger partial charge in [-0.1, -0.05) is 30.3 Å². The summed E-state index contributed by atoms with van der Waals surface area (Å²) in [6.45, 7) is 0. The highest BCUT2D eigenvalue weighted by Gasteiger charge is 1.72. The highest BCUT2D eigenvalue weighted by Crippen LogP contribution is 1.76. The van der Waals surface area contributed by atoms with Crippen LogP contribution in [0.5, 0.6) is 0 Å². The van der Waals surface area contributed by atoms with Gasteiger partial charge >= 0.3 is 8.69 Å². The standard InChI is InChI=1S/C6H5.Al.HO2P.2H/c1-2-4-6-5-3-1;;1-3-2;;/h1-5H;;(H,1,2);;. The molecule has 0 heterocycles. The van der Waals surface area contributed by atoms with Gasteiger partial charge in [0.25, 0.3) is 16.3 Å². The second-order valence-electron chi connectivity index (χ2n) is 1.74. The highest BCUT2D eigenvalue weighted by atomic mass is 31.1. The third-order valence-electron chi connectivity index (χ3n) is 0.940. The van der Waals surface area contributed by atoms with Crippen molar-refractivity contribution in [1.29, 1.82) is 0 Å². The SMILES string of the molecule is O=PO.[AlH2][c]1ccccc1. The average molecular weight is 170 g/mol. The average Bonchev–Trinajstić information content (AvgIpc) is 1.91. The fourth-order valence-corrected chi connectivity index (χ4v) is 0.919. The van der Waals surface area contributed by atoms with Crippen molar-refractivity contribution in [3.8, 4) is 0 Å². The predicted molar refractivity (Wildman–Crippen MR) is 44.4 cm³/mol. The molecule has 0 aliphatic rings. The van der Waals surface area contributed by atoms with Gasteiger partial charge in [0.2, 0.25) is 0 Å². The summed E-state index contributed by atoms with van der Waals surface area (Å²) >= 11 is 1.17. The van der Waals surface area contributed by atoms with Crippen LogP contribution in [0.1, 0.15) is 0 Å². The lowest BCUT2D eigenvalue weighted by molar-refractivity contribution is 0.524. The maximum Gasteiger partial charge on any atom is 0.324 e. The van der Waals surface area contributed by atoms with Crippen LogP contribution < -0.4 is 4.43 Å². The molecule has 0 amide bonds. The van der Waals surface area contributed by atoms with Gasteiger partial charge < -0.3 is 4.89 Å². The summed E-state index contributed by atoms with van der Waals surface area (Å²) in [5.41, 5.74) is 0. The zero-order valence-corrected chi connectivity index (χ0v) is 8.58. The van der Waals surface area contributed by atoms with E-state index in [2.05, 4.69) is 24.3 Å². The van der Waals surface area contributed by atoms with Gasteiger partial charge in [0.15, 0.2) is 0 Å². The van der Waals surface area contributed by atoms with Crippen molar-refractivity contribution < 1.29 is 9.46 Å². The number of hydrogen-bond acceptors (Lipinski definition) is 1. The van der Waals surface area contributed by atoms with E-state index in [0.717, 1.165) is 0 Å². The van der Waals surface area contributed by atoms with Crippen molar-refractivity contribution in [2.24, 2.45) is 0 Å². The van der Waals surface area contributed by atoms with E-state index in [-0.39, 0.29) is 0 Å². The quantitative estimate of drug-likeness (QED) is 0.444. The van der Waals surface area contributed by atoms with Gasteiger partial charge in [-0.25, -0.2) is 4.57 Å². The summed E-state index contributed by atoms with van der Waals surface area (Å²) in [6.07, 6.45) is 0. The molecule has 1 aromatic carbocycles. The molecule has 0 radical (unpaired) electrons.